The van der Waals surface area contributed by atoms with Crippen LogP contribution < -0.4 is 14.8 Å². The third-order valence-corrected chi connectivity index (χ3v) is 5.17. The molecular weight excluding hydrogens is 392 g/mol. The summed E-state index contributed by atoms with van der Waals surface area (Å²) in [5, 5.41) is 24.1. The highest BCUT2D eigenvalue weighted by molar-refractivity contribution is 7.98. The average Bonchev–Trinajstić information content (AvgIpc) is 3.41. The van der Waals surface area contributed by atoms with Crippen molar-refractivity contribution in [2.45, 2.75) is 32.6 Å². The zero-order valence-corrected chi connectivity index (χ0v) is 17.9. The standard InChI is InChI=1S/C18H26N8O2S/c1-5-25-12-20-21-16(25)11-19-17(18-22-23-24-26(18)8-9-29-4)14-7-6-13(27-2)10-15(14)28-3/h6-7,10,12,17,19H,5,8-9,11H2,1-4H3. The van der Waals surface area contributed by atoms with Crippen molar-refractivity contribution in [3.63, 3.8) is 0 Å². The average molecular weight is 419 g/mol. The Hall–Kier alpha value is -2.66. The van der Waals surface area contributed by atoms with Crippen LogP contribution in [-0.4, -0.2) is 61.2 Å². The number of hydrogen-bond acceptors (Lipinski definition) is 9. The molecule has 1 atom stereocenters. The summed E-state index contributed by atoms with van der Waals surface area (Å²) in [7, 11) is 3.27. The maximum atomic E-state index is 5.63. The van der Waals surface area contributed by atoms with E-state index < -0.39 is 0 Å². The molecule has 3 rings (SSSR count). The summed E-state index contributed by atoms with van der Waals surface area (Å²) >= 11 is 1.75. The second-order valence-corrected chi connectivity index (χ2v) is 7.19. The molecule has 2 aromatic heterocycles. The summed E-state index contributed by atoms with van der Waals surface area (Å²) in [4.78, 5) is 0. The van der Waals surface area contributed by atoms with E-state index in [-0.39, 0.29) is 6.04 Å². The van der Waals surface area contributed by atoms with E-state index in [4.69, 9.17) is 9.47 Å². The third kappa shape index (κ3) is 4.85. The quantitative estimate of drug-likeness (QED) is 0.496. The van der Waals surface area contributed by atoms with Gasteiger partial charge in [-0.15, -0.1) is 15.3 Å². The minimum atomic E-state index is -0.297. The molecule has 0 aliphatic rings. The van der Waals surface area contributed by atoms with Gasteiger partial charge in [-0.05, 0) is 35.7 Å². The lowest BCUT2D eigenvalue weighted by molar-refractivity contribution is 0.384. The molecule has 0 spiro atoms. The van der Waals surface area contributed by atoms with E-state index in [9.17, 15) is 0 Å². The van der Waals surface area contributed by atoms with Gasteiger partial charge in [0.1, 0.15) is 23.7 Å². The molecule has 1 unspecified atom stereocenters. The van der Waals surface area contributed by atoms with Gasteiger partial charge >= 0.3 is 0 Å². The second-order valence-electron chi connectivity index (χ2n) is 6.21. The minimum absolute atomic E-state index is 0.297. The summed E-state index contributed by atoms with van der Waals surface area (Å²) in [5.74, 6) is 3.88. The summed E-state index contributed by atoms with van der Waals surface area (Å²) in [6.45, 7) is 4.07. The maximum Gasteiger partial charge on any atom is 0.173 e. The molecule has 29 heavy (non-hydrogen) atoms. The first-order valence-corrected chi connectivity index (χ1v) is 10.7. The molecule has 0 saturated carbocycles. The molecule has 0 fully saturated rings. The number of thioether (sulfide) groups is 1. The van der Waals surface area contributed by atoms with Crippen molar-refractivity contribution in [3.8, 4) is 11.5 Å². The van der Waals surface area contributed by atoms with Crippen molar-refractivity contribution in [1.29, 1.82) is 0 Å². The van der Waals surface area contributed by atoms with Crippen LogP contribution in [0, 0.1) is 0 Å². The van der Waals surface area contributed by atoms with Gasteiger partial charge in [0.05, 0.1) is 33.4 Å². The molecule has 0 saturated heterocycles. The largest absolute Gasteiger partial charge is 0.497 e. The Morgan fingerprint density at radius 2 is 2.07 bits per heavy atom. The number of nitrogens with one attached hydrogen (secondary N) is 1. The lowest BCUT2D eigenvalue weighted by atomic mass is 10.0. The molecule has 0 aliphatic heterocycles. The molecule has 0 aliphatic carbocycles. The number of rotatable bonds is 11. The van der Waals surface area contributed by atoms with Crippen molar-refractivity contribution >= 4 is 11.8 Å². The molecule has 11 heteroatoms. The van der Waals surface area contributed by atoms with Gasteiger partial charge in [-0.3, -0.25) is 5.32 Å². The fraction of sp³-hybridized carbons (Fsp3) is 0.500. The fourth-order valence-electron chi connectivity index (χ4n) is 3.03. The molecule has 0 radical (unpaired) electrons. The Kier molecular flexibility index (Phi) is 7.42. The molecule has 0 bridgehead atoms. The van der Waals surface area contributed by atoms with E-state index >= 15 is 0 Å². The number of aromatic nitrogens is 7. The van der Waals surface area contributed by atoms with Gasteiger partial charge in [-0.2, -0.15) is 11.8 Å². The minimum Gasteiger partial charge on any atom is -0.497 e. The second kappa shape index (κ2) is 10.2. The van der Waals surface area contributed by atoms with E-state index in [2.05, 4.69) is 44.2 Å². The summed E-state index contributed by atoms with van der Waals surface area (Å²) in [6.07, 6.45) is 3.78. The smallest absolute Gasteiger partial charge is 0.173 e. The highest BCUT2D eigenvalue weighted by Crippen LogP contribution is 2.32. The van der Waals surface area contributed by atoms with Gasteiger partial charge < -0.3 is 14.0 Å². The number of hydrogen-bond donors (Lipinski definition) is 1. The molecule has 0 amide bonds. The number of methoxy groups -OCH3 is 2. The van der Waals surface area contributed by atoms with E-state index in [1.54, 1.807) is 32.3 Å². The SMILES string of the molecule is CCn1cnnc1CNC(c1ccc(OC)cc1OC)c1nnnn1CCSC. The number of ether oxygens (including phenoxy) is 2. The fourth-order valence-corrected chi connectivity index (χ4v) is 3.38. The zero-order chi connectivity index (χ0) is 20.6. The lowest BCUT2D eigenvalue weighted by Crippen LogP contribution is -2.27. The number of aryl methyl sites for hydroxylation is 2. The van der Waals surface area contributed by atoms with Gasteiger partial charge in [0.15, 0.2) is 5.82 Å². The number of tetrazole rings is 1. The van der Waals surface area contributed by atoms with Crippen molar-refractivity contribution in [2.24, 2.45) is 0 Å². The number of benzene rings is 1. The monoisotopic (exact) mass is 418 g/mol. The highest BCUT2D eigenvalue weighted by Gasteiger charge is 2.25. The molecule has 1 aromatic carbocycles. The normalized spacial score (nSPS) is 12.1. The molecule has 10 nitrogen and oxygen atoms in total. The lowest BCUT2D eigenvalue weighted by Gasteiger charge is -2.21. The molecule has 2 heterocycles. The van der Waals surface area contributed by atoms with Crippen LogP contribution >= 0.6 is 11.8 Å². The highest BCUT2D eigenvalue weighted by atomic mass is 32.2. The topological polar surface area (TPSA) is 105 Å². The summed E-state index contributed by atoms with van der Waals surface area (Å²) < 4.78 is 14.8. The van der Waals surface area contributed by atoms with Gasteiger partial charge in [0.25, 0.3) is 0 Å². The van der Waals surface area contributed by atoms with Gasteiger partial charge in [-0.25, -0.2) is 4.68 Å². The van der Waals surface area contributed by atoms with Gasteiger partial charge in [0.2, 0.25) is 0 Å². The first-order chi connectivity index (χ1) is 14.2. The predicted octanol–water partition coefficient (Wildman–Crippen LogP) is 1.54. The van der Waals surface area contributed by atoms with Crippen LogP contribution in [0.5, 0.6) is 11.5 Å². The van der Waals surface area contributed by atoms with E-state index in [1.807, 2.05) is 27.4 Å². The Morgan fingerprint density at radius 3 is 2.79 bits per heavy atom. The van der Waals surface area contributed by atoms with Crippen LogP contribution in [0.25, 0.3) is 0 Å². The van der Waals surface area contributed by atoms with Gasteiger partial charge in [0, 0.05) is 23.9 Å². The van der Waals surface area contributed by atoms with Crippen molar-refractivity contribution < 1.29 is 9.47 Å². The predicted molar refractivity (Wildman–Crippen MR) is 110 cm³/mol. The van der Waals surface area contributed by atoms with Crippen LogP contribution in [0.1, 0.15) is 30.2 Å². The molecule has 156 valence electrons. The van der Waals surface area contributed by atoms with Crippen LogP contribution in [0.15, 0.2) is 24.5 Å². The number of nitrogens with zero attached hydrogens (tertiary/aromatic N) is 7. The maximum absolute atomic E-state index is 5.63. The Labute approximate surface area is 174 Å². The Morgan fingerprint density at radius 1 is 1.21 bits per heavy atom. The first kappa shape index (κ1) is 21.1. The van der Waals surface area contributed by atoms with Crippen molar-refractivity contribution in [3.05, 3.63) is 41.7 Å². The van der Waals surface area contributed by atoms with Crippen molar-refractivity contribution in [2.75, 3.05) is 26.2 Å². The van der Waals surface area contributed by atoms with E-state index in [0.717, 1.165) is 29.4 Å². The van der Waals surface area contributed by atoms with Crippen LogP contribution in [0.3, 0.4) is 0 Å². The van der Waals surface area contributed by atoms with E-state index in [0.29, 0.717) is 24.7 Å². The van der Waals surface area contributed by atoms with Crippen molar-refractivity contribution in [1.82, 2.24) is 40.3 Å². The van der Waals surface area contributed by atoms with Gasteiger partial charge in [-0.1, -0.05) is 0 Å². The van der Waals surface area contributed by atoms with Crippen LogP contribution in [-0.2, 0) is 19.6 Å². The van der Waals surface area contributed by atoms with Crippen LogP contribution in [0.4, 0.5) is 0 Å². The third-order valence-electron chi connectivity index (χ3n) is 4.58. The zero-order valence-electron chi connectivity index (χ0n) is 17.1. The Bertz CT molecular complexity index is 913. The summed E-state index contributed by atoms with van der Waals surface area (Å²) in [5.41, 5.74) is 0.913. The first-order valence-electron chi connectivity index (χ1n) is 9.28. The Balaban J connectivity index is 1.97. The molecule has 1 N–H and O–H groups in total. The summed E-state index contributed by atoms with van der Waals surface area (Å²) in [6, 6.07) is 5.42. The molecular formula is C18H26N8O2S. The van der Waals surface area contributed by atoms with Crippen LogP contribution in [0.2, 0.25) is 0 Å². The molecule has 3 aromatic rings. The van der Waals surface area contributed by atoms with E-state index in [1.165, 1.54) is 0 Å².